The van der Waals surface area contributed by atoms with E-state index in [-0.39, 0.29) is 5.75 Å². The quantitative estimate of drug-likeness (QED) is 0.586. The molecule has 0 radical (unpaired) electrons. The van der Waals surface area contributed by atoms with Crippen LogP contribution in [0.1, 0.15) is 20.3 Å². The number of rotatable bonds is 7. The zero-order valence-electron chi connectivity index (χ0n) is 8.63. The molecule has 0 aromatic rings. The minimum Gasteiger partial charge on any atom is -0.318 e. The van der Waals surface area contributed by atoms with Crippen LogP contribution in [0, 0.1) is 5.92 Å². The molecular weight excluding hydrogens is 188 g/mol. The van der Waals surface area contributed by atoms with E-state index in [2.05, 4.69) is 10.0 Å². The van der Waals surface area contributed by atoms with Crippen molar-refractivity contribution in [3.05, 3.63) is 0 Å². The van der Waals surface area contributed by atoms with E-state index < -0.39 is 10.0 Å². The predicted octanol–water partition coefficient (Wildman–Crippen LogP) is 0.171. The molecule has 13 heavy (non-hydrogen) atoms. The molecule has 0 aliphatic carbocycles. The molecule has 0 amide bonds. The van der Waals surface area contributed by atoms with Gasteiger partial charge in [-0.1, -0.05) is 13.8 Å². The van der Waals surface area contributed by atoms with E-state index in [1.165, 1.54) is 0 Å². The largest absolute Gasteiger partial charge is 0.318 e. The van der Waals surface area contributed by atoms with Gasteiger partial charge >= 0.3 is 0 Å². The summed E-state index contributed by atoms with van der Waals surface area (Å²) in [5.41, 5.74) is 0. The Morgan fingerprint density at radius 3 is 2.31 bits per heavy atom. The van der Waals surface area contributed by atoms with E-state index in [0.717, 1.165) is 6.42 Å². The molecule has 0 aromatic heterocycles. The van der Waals surface area contributed by atoms with E-state index in [0.29, 0.717) is 19.0 Å². The fourth-order valence-corrected chi connectivity index (χ4v) is 2.13. The van der Waals surface area contributed by atoms with Gasteiger partial charge in [-0.15, -0.1) is 0 Å². The first-order valence-electron chi connectivity index (χ1n) is 4.60. The van der Waals surface area contributed by atoms with Gasteiger partial charge in [0, 0.05) is 13.1 Å². The molecule has 80 valence electrons. The van der Waals surface area contributed by atoms with Crippen molar-refractivity contribution in [3.63, 3.8) is 0 Å². The van der Waals surface area contributed by atoms with E-state index in [1.54, 1.807) is 7.05 Å². The van der Waals surface area contributed by atoms with Crippen molar-refractivity contribution in [2.45, 2.75) is 20.3 Å². The van der Waals surface area contributed by atoms with Crippen molar-refractivity contribution in [1.82, 2.24) is 10.0 Å². The first kappa shape index (κ1) is 12.9. The summed E-state index contributed by atoms with van der Waals surface area (Å²) in [4.78, 5) is 0. The van der Waals surface area contributed by atoms with Crippen LogP contribution in [0.4, 0.5) is 0 Å². The molecular formula is C8H20N2O2S. The van der Waals surface area contributed by atoms with Crippen LogP contribution in [-0.4, -0.2) is 34.3 Å². The molecule has 0 rings (SSSR count). The van der Waals surface area contributed by atoms with E-state index in [9.17, 15) is 8.42 Å². The molecule has 0 aromatic carbocycles. The highest BCUT2D eigenvalue weighted by atomic mass is 32.2. The third-order valence-electron chi connectivity index (χ3n) is 1.66. The van der Waals surface area contributed by atoms with Crippen LogP contribution in [0.15, 0.2) is 0 Å². The lowest BCUT2D eigenvalue weighted by molar-refractivity contribution is 0.560. The zero-order chi connectivity index (χ0) is 10.3. The molecule has 0 saturated carbocycles. The second-order valence-corrected chi connectivity index (χ2v) is 5.43. The third-order valence-corrected chi connectivity index (χ3v) is 3.08. The predicted molar refractivity (Wildman–Crippen MR) is 55.2 cm³/mol. The van der Waals surface area contributed by atoms with Crippen molar-refractivity contribution in [2.75, 3.05) is 25.9 Å². The van der Waals surface area contributed by atoms with Gasteiger partial charge in [-0.2, -0.15) is 0 Å². The molecule has 0 spiro atoms. The SMILES string of the molecule is CNCCNS(=O)(=O)CCC(C)C. The molecule has 0 fully saturated rings. The minimum atomic E-state index is -3.04. The number of likely N-dealkylation sites (N-methyl/N-ethyl adjacent to an activating group) is 1. The topological polar surface area (TPSA) is 58.2 Å². The fourth-order valence-electron chi connectivity index (χ4n) is 0.795. The lowest BCUT2D eigenvalue weighted by Crippen LogP contribution is -2.32. The lowest BCUT2D eigenvalue weighted by Gasteiger charge is -2.07. The molecule has 2 N–H and O–H groups in total. The van der Waals surface area contributed by atoms with Crippen LogP contribution in [0.2, 0.25) is 0 Å². The third kappa shape index (κ3) is 8.21. The molecule has 0 aliphatic rings. The normalized spacial score (nSPS) is 12.3. The first-order valence-corrected chi connectivity index (χ1v) is 6.25. The van der Waals surface area contributed by atoms with Gasteiger partial charge in [-0.05, 0) is 19.4 Å². The summed E-state index contributed by atoms with van der Waals surface area (Å²) in [7, 11) is -1.24. The van der Waals surface area contributed by atoms with E-state index in [4.69, 9.17) is 0 Å². The van der Waals surface area contributed by atoms with Gasteiger partial charge in [-0.25, -0.2) is 13.1 Å². The molecule has 0 atom stereocenters. The van der Waals surface area contributed by atoms with Gasteiger partial charge in [0.2, 0.25) is 10.0 Å². The average molecular weight is 208 g/mol. The molecule has 0 saturated heterocycles. The maximum absolute atomic E-state index is 11.3. The minimum absolute atomic E-state index is 0.231. The van der Waals surface area contributed by atoms with Gasteiger partial charge in [0.05, 0.1) is 5.75 Å². The van der Waals surface area contributed by atoms with Crippen LogP contribution < -0.4 is 10.0 Å². The van der Waals surface area contributed by atoms with Crippen LogP contribution >= 0.6 is 0 Å². The first-order chi connectivity index (χ1) is 5.98. The van der Waals surface area contributed by atoms with Crippen molar-refractivity contribution >= 4 is 10.0 Å². The molecule has 0 aliphatic heterocycles. The Bertz CT molecular complexity index is 212. The van der Waals surface area contributed by atoms with Crippen LogP contribution in [0.3, 0.4) is 0 Å². The zero-order valence-corrected chi connectivity index (χ0v) is 9.45. The summed E-state index contributed by atoms with van der Waals surface area (Å²) >= 11 is 0. The maximum atomic E-state index is 11.3. The molecule has 5 heteroatoms. The lowest BCUT2D eigenvalue weighted by atomic mass is 10.2. The van der Waals surface area contributed by atoms with Gasteiger partial charge < -0.3 is 5.32 Å². The number of nitrogens with one attached hydrogen (secondary N) is 2. The Balaban J connectivity index is 3.68. The summed E-state index contributed by atoms with van der Waals surface area (Å²) in [6, 6.07) is 0. The summed E-state index contributed by atoms with van der Waals surface area (Å²) in [6.45, 7) is 5.17. The number of hydrogen-bond acceptors (Lipinski definition) is 3. The maximum Gasteiger partial charge on any atom is 0.211 e. The van der Waals surface area contributed by atoms with Crippen molar-refractivity contribution in [1.29, 1.82) is 0 Å². The van der Waals surface area contributed by atoms with Gasteiger partial charge in [0.15, 0.2) is 0 Å². The van der Waals surface area contributed by atoms with Crippen molar-refractivity contribution in [3.8, 4) is 0 Å². The highest BCUT2D eigenvalue weighted by Gasteiger charge is 2.09. The Kier molecular flexibility index (Phi) is 6.28. The van der Waals surface area contributed by atoms with Gasteiger partial charge in [-0.3, -0.25) is 0 Å². The summed E-state index contributed by atoms with van der Waals surface area (Å²) in [5, 5.41) is 2.88. The molecule has 0 heterocycles. The average Bonchev–Trinajstić information content (AvgIpc) is 2.02. The molecule has 0 bridgehead atoms. The van der Waals surface area contributed by atoms with Crippen LogP contribution in [-0.2, 0) is 10.0 Å². The monoisotopic (exact) mass is 208 g/mol. The number of hydrogen-bond donors (Lipinski definition) is 2. The van der Waals surface area contributed by atoms with Crippen molar-refractivity contribution < 1.29 is 8.42 Å². The molecule has 0 unspecified atom stereocenters. The van der Waals surface area contributed by atoms with Crippen molar-refractivity contribution in [2.24, 2.45) is 5.92 Å². The van der Waals surface area contributed by atoms with E-state index >= 15 is 0 Å². The Morgan fingerprint density at radius 1 is 1.23 bits per heavy atom. The van der Waals surface area contributed by atoms with Crippen LogP contribution in [0.5, 0.6) is 0 Å². The highest BCUT2D eigenvalue weighted by Crippen LogP contribution is 2.01. The summed E-state index contributed by atoms with van der Waals surface area (Å²) in [6.07, 6.45) is 0.717. The van der Waals surface area contributed by atoms with E-state index in [1.807, 2.05) is 13.8 Å². The fraction of sp³-hybridized carbons (Fsp3) is 1.00. The van der Waals surface area contributed by atoms with Gasteiger partial charge in [0.1, 0.15) is 0 Å². The second kappa shape index (κ2) is 6.34. The highest BCUT2D eigenvalue weighted by molar-refractivity contribution is 7.89. The second-order valence-electron chi connectivity index (χ2n) is 3.50. The summed E-state index contributed by atoms with van der Waals surface area (Å²) in [5.74, 6) is 0.662. The number of sulfonamides is 1. The smallest absolute Gasteiger partial charge is 0.211 e. The molecule has 4 nitrogen and oxygen atoms in total. The summed E-state index contributed by atoms with van der Waals surface area (Å²) < 4.78 is 25.1. The standard InChI is InChI=1S/C8H20N2O2S/c1-8(2)4-7-13(11,12)10-6-5-9-3/h8-10H,4-7H2,1-3H3. The van der Waals surface area contributed by atoms with Crippen LogP contribution in [0.25, 0.3) is 0 Å². The Hall–Kier alpha value is -0.130. The Morgan fingerprint density at radius 2 is 1.85 bits per heavy atom. The Labute approximate surface area is 81.2 Å². The van der Waals surface area contributed by atoms with Gasteiger partial charge in [0.25, 0.3) is 0 Å².